The lowest BCUT2D eigenvalue weighted by Gasteiger charge is -2.18. The highest BCUT2D eigenvalue weighted by Gasteiger charge is 2.49. The third-order valence-electron chi connectivity index (χ3n) is 6.15. The van der Waals surface area contributed by atoms with E-state index in [1.165, 1.54) is 0 Å². The fourth-order valence-electron chi connectivity index (χ4n) is 3.66. The molecule has 0 atom stereocenters. The fourth-order valence-corrected chi connectivity index (χ4v) is 3.66. The van der Waals surface area contributed by atoms with Crippen molar-refractivity contribution in [3.05, 3.63) is 29.3 Å². The minimum atomic E-state index is -0.754. The van der Waals surface area contributed by atoms with Crippen LogP contribution in [-0.2, 0) is 22.4 Å². The first-order valence-electron chi connectivity index (χ1n) is 10.4. The summed E-state index contributed by atoms with van der Waals surface area (Å²) < 4.78 is 0. The normalized spacial score (nSPS) is 15.4. The summed E-state index contributed by atoms with van der Waals surface area (Å²) in [5.74, 6) is -1.08. The highest BCUT2D eigenvalue weighted by Crippen LogP contribution is 2.50. The van der Waals surface area contributed by atoms with Crippen LogP contribution in [0.25, 0.3) is 0 Å². The van der Waals surface area contributed by atoms with E-state index in [2.05, 4.69) is 0 Å². The third-order valence-corrected chi connectivity index (χ3v) is 6.15. The largest absolute Gasteiger partial charge is 0.508 e. The van der Waals surface area contributed by atoms with E-state index in [-0.39, 0.29) is 0 Å². The first-order valence-corrected chi connectivity index (χ1v) is 10.4. The van der Waals surface area contributed by atoms with Crippen molar-refractivity contribution in [1.29, 1.82) is 0 Å². The first-order chi connectivity index (χ1) is 13.2. The van der Waals surface area contributed by atoms with Crippen molar-refractivity contribution in [3.8, 4) is 5.75 Å². The number of aromatic hydroxyl groups is 1. The molecule has 2 rings (SSSR count). The molecule has 1 aliphatic rings. The van der Waals surface area contributed by atoms with Crippen molar-refractivity contribution in [1.82, 2.24) is 0 Å². The van der Waals surface area contributed by atoms with Crippen LogP contribution < -0.4 is 0 Å². The van der Waals surface area contributed by atoms with Gasteiger partial charge < -0.3 is 15.3 Å². The van der Waals surface area contributed by atoms with Gasteiger partial charge in [0.2, 0.25) is 0 Å². The Hall–Kier alpha value is -2.04. The number of rotatable bonds is 13. The zero-order chi connectivity index (χ0) is 20.8. The molecule has 0 aromatic heterocycles. The van der Waals surface area contributed by atoms with Crippen molar-refractivity contribution in [2.24, 2.45) is 10.8 Å². The Kier molecular flexibility index (Phi) is 7.50. The maximum atomic E-state index is 11.2. The second kappa shape index (κ2) is 9.44. The number of hydrogen-bond donors (Lipinski definition) is 3. The molecule has 1 aromatic carbocycles. The van der Waals surface area contributed by atoms with Crippen LogP contribution >= 0.6 is 0 Å². The Labute approximate surface area is 167 Å². The van der Waals surface area contributed by atoms with Crippen LogP contribution in [0.15, 0.2) is 18.2 Å². The molecule has 0 amide bonds. The number of phenols is 1. The lowest BCUT2D eigenvalue weighted by atomic mass is 9.87. The van der Waals surface area contributed by atoms with Crippen LogP contribution in [0.2, 0.25) is 0 Å². The van der Waals surface area contributed by atoms with Crippen molar-refractivity contribution < 1.29 is 24.9 Å². The molecule has 0 bridgehead atoms. The molecule has 0 saturated heterocycles. The number of carbonyl (C=O) groups is 2. The summed E-state index contributed by atoms with van der Waals surface area (Å²) in [5.41, 5.74) is 0.910. The van der Waals surface area contributed by atoms with Crippen LogP contribution in [0.1, 0.15) is 82.8 Å². The number of carboxylic acids is 2. The Morgan fingerprint density at radius 3 is 2.25 bits per heavy atom. The van der Waals surface area contributed by atoms with Gasteiger partial charge in [-0.2, -0.15) is 0 Å². The molecule has 5 heteroatoms. The topological polar surface area (TPSA) is 94.8 Å². The van der Waals surface area contributed by atoms with E-state index in [0.717, 1.165) is 75.3 Å². The number of benzene rings is 1. The molecule has 0 heterocycles. The SMILES string of the molecule is CC(C)(CCCCCc1ccc(CCCCC2(C(=O)O)CC2)cc1O)C(=O)O. The van der Waals surface area contributed by atoms with E-state index in [1.54, 1.807) is 13.8 Å². The molecule has 0 unspecified atom stereocenters. The van der Waals surface area contributed by atoms with Crippen LogP contribution in [0.5, 0.6) is 5.75 Å². The van der Waals surface area contributed by atoms with Crippen LogP contribution in [0, 0.1) is 10.8 Å². The van der Waals surface area contributed by atoms with Gasteiger partial charge in [0.15, 0.2) is 0 Å². The minimum absolute atomic E-state index is 0.326. The average molecular weight is 391 g/mol. The quantitative estimate of drug-likeness (QED) is 0.403. The molecule has 1 aromatic rings. The molecule has 1 saturated carbocycles. The zero-order valence-electron chi connectivity index (χ0n) is 17.2. The number of hydrogen-bond acceptors (Lipinski definition) is 3. The molecular formula is C23H34O5. The van der Waals surface area contributed by atoms with Gasteiger partial charge in [-0.3, -0.25) is 9.59 Å². The predicted octanol–water partition coefficient (Wildman–Crippen LogP) is 5.18. The van der Waals surface area contributed by atoms with Crippen molar-refractivity contribution in [2.45, 2.75) is 84.5 Å². The molecule has 0 spiro atoms. The van der Waals surface area contributed by atoms with Crippen molar-refractivity contribution in [3.63, 3.8) is 0 Å². The standard InChI is InChI=1S/C23H34O5/c1-22(2,20(25)26)12-6-3-4-9-18-11-10-17(16-19(18)24)8-5-7-13-23(14-15-23)21(27)28/h10-11,16,24H,3-9,12-15H2,1-2H3,(H,25,26)(H,27,28). The van der Waals surface area contributed by atoms with E-state index in [9.17, 15) is 19.8 Å². The maximum absolute atomic E-state index is 11.2. The van der Waals surface area contributed by atoms with Gasteiger partial charge in [0.25, 0.3) is 0 Å². The molecule has 1 fully saturated rings. The Bertz CT molecular complexity index is 688. The lowest BCUT2D eigenvalue weighted by molar-refractivity contribution is -0.147. The van der Waals surface area contributed by atoms with E-state index < -0.39 is 22.8 Å². The second-order valence-electron chi connectivity index (χ2n) is 9.01. The first kappa shape index (κ1) is 22.3. The number of aliphatic carboxylic acids is 2. The molecule has 0 radical (unpaired) electrons. The highest BCUT2D eigenvalue weighted by atomic mass is 16.4. The van der Waals surface area contributed by atoms with Gasteiger partial charge in [-0.05, 0) is 82.4 Å². The Morgan fingerprint density at radius 2 is 1.68 bits per heavy atom. The summed E-state index contributed by atoms with van der Waals surface area (Å²) in [6.45, 7) is 3.51. The molecule has 3 N–H and O–H groups in total. The summed E-state index contributed by atoms with van der Waals surface area (Å²) in [6, 6.07) is 5.85. The zero-order valence-corrected chi connectivity index (χ0v) is 17.2. The van der Waals surface area contributed by atoms with Crippen LogP contribution in [0.4, 0.5) is 0 Å². The minimum Gasteiger partial charge on any atom is -0.508 e. The maximum Gasteiger partial charge on any atom is 0.309 e. The van der Waals surface area contributed by atoms with Crippen LogP contribution in [-0.4, -0.2) is 27.3 Å². The van der Waals surface area contributed by atoms with E-state index >= 15 is 0 Å². The van der Waals surface area contributed by atoms with Gasteiger partial charge in [-0.25, -0.2) is 0 Å². The van der Waals surface area contributed by atoms with Crippen molar-refractivity contribution >= 4 is 11.9 Å². The molecule has 0 aliphatic heterocycles. The summed E-state index contributed by atoms with van der Waals surface area (Å²) in [7, 11) is 0. The third kappa shape index (κ3) is 6.25. The second-order valence-corrected chi connectivity index (χ2v) is 9.01. The molecule has 1 aliphatic carbocycles. The smallest absolute Gasteiger partial charge is 0.309 e. The van der Waals surface area contributed by atoms with Crippen LogP contribution in [0.3, 0.4) is 0 Å². The summed E-state index contributed by atoms with van der Waals surface area (Å²) in [5, 5.41) is 28.6. The number of unbranched alkanes of at least 4 members (excludes halogenated alkanes) is 3. The molecule has 5 nitrogen and oxygen atoms in total. The Balaban J connectivity index is 1.67. The van der Waals surface area contributed by atoms with E-state index in [4.69, 9.17) is 5.11 Å². The van der Waals surface area contributed by atoms with Gasteiger partial charge in [-0.1, -0.05) is 31.4 Å². The number of aryl methyl sites for hydroxylation is 2. The Morgan fingerprint density at radius 1 is 1.00 bits per heavy atom. The molecular weight excluding hydrogens is 356 g/mol. The van der Waals surface area contributed by atoms with E-state index in [0.29, 0.717) is 12.2 Å². The lowest BCUT2D eigenvalue weighted by Crippen LogP contribution is -2.23. The highest BCUT2D eigenvalue weighted by molar-refractivity contribution is 5.77. The summed E-state index contributed by atoms with van der Waals surface area (Å²) >= 11 is 0. The summed E-state index contributed by atoms with van der Waals surface area (Å²) in [4.78, 5) is 22.3. The molecule has 28 heavy (non-hydrogen) atoms. The monoisotopic (exact) mass is 390 g/mol. The number of carboxylic acid groups (broad SMARTS) is 2. The van der Waals surface area contributed by atoms with Crippen molar-refractivity contribution in [2.75, 3.05) is 0 Å². The van der Waals surface area contributed by atoms with Gasteiger partial charge in [0.05, 0.1) is 10.8 Å². The molecule has 156 valence electrons. The predicted molar refractivity (Wildman–Crippen MR) is 109 cm³/mol. The van der Waals surface area contributed by atoms with Gasteiger partial charge in [0.1, 0.15) is 5.75 Å². The van der Waals surface area contributed by atoms with Gasteiger partial charge >= 0.3 is 11.9 Å². The summed E-state index contributed by atoms with van der Waals surface area (Å²) in [6.07, 6.45) is 9.28. The van der Waals surface area contributed by atoms with Gasteiger partial charge in [-0.15, -0.1) is 0 Å². The average Bonchev–Trinajstić information content (AvgIpc) is 3.41. The van der Waals surface area contributed by atoms with Gasteiger partial charge in [0, 0.05) is 0 Å². The fraction of sp³-hybridized carbons (Fsp3) is 0.652. The number of phenolic OH excluding ortho intramolecular Hbond substituents is 1. The van der Waals surface area contributed by atoms with E-state index in [1.807, 2.05) is 18.2 Å².